The highest BCUT2D eigenvalue weighted by Crippen LogP contribution is 2.19. The lowest BCUT2D eigenvalue weighted by molar-refractivity contribution is -0.145. The van der Waals surface area contributed by atoms with Gasteiger partial charge < -0.3 is 41.6 Å². The number of nitrogens with one attached hydrogen (secondary N) is 5. The lowest BCUT2D eigenvalue weighted by Crippen LogP contribution is -2.59. The quantitative estimate of drug-likeness (QED) is 0.184. The predicted molar refractivity (Wildman–Crippen MR) is 125 cm³/mol. The minimum Gasteiger partial charge on any atom is -0.480 e. The molecule has 0 spiro atoms. The smallest absolute Gasteiger partial charge is 0.328 e. The highest BCUT2D eigenvalue weighted by molar-refractivity contribution is 5.95. The van der Waals surface area contributed by atoms with E-state index in [0.29, 0.717) is 13.0 Å². The molecule has 12 heteroatoms. The summed E-state index contributed by atoms with van der Waals surface area (Å²) in [7, 11) is 0. The van der Waals surface area contributed by atoms with Crippen LogP contribution >= 0.6 is 0 Å². The van der Waals surface area contributed by atoms with E-state index in [9.17, 15) is 29.4 Å². The van der Waals surface area contributed by atoms with Crippen LogP contribution in [0.2, 0.25) is 0 Å². The monoisotopic (exact) mass is 489 g/mol. The molecular formula is C23H31N5O7. The predicted octanol–water partition coefficient (Wildman–Crippen LogP) is -1.63. The number of carbonyl (C=O) groups is 4. The number of rotatable bonds is 11. The van der Waals surface area contributed by atoms with E-state index < -0.39 is 54.7 Å². The van der Waals surface area contributed by atoms with Crippen LogP contribution in [0.1, 0.15) is 25.3 Å². The zero-order chi connectivity index (χ0) is 25.5. The van der Waals surface area contributed by atoms with Gasteiger partial charge in [0.05, 0.1) is 18.8 Å². The number of aliphatic hydroxyl groups is 2. The van der Waals surface area contributed by atoms with Gasteiger partial charge in [0.25, 0.3) is 0 Å². The van der Waals surface area contributed by atoms with Crippen molar-refractivity contribution in [2.24, 2.45) is 0 Å². The first kappa shape index (κ1) is 26.1. The first-order valence-electron chi connectivity index (χ1n) is 11.4. The summed E-state index contributed by atoms with van der Waals surface area (Å²) in [6.07, 6.45) is 1.91. The van der Waals surface area contributed by atoms with Gasteiger partial charge in [-0.2, -0.15) is 0 Å². The van der Waals surface area contributed by atoms with Crippen LogP contribution < -0.4 is 21.3 Å². The number of carbonyl (C=O) groups excluding carboxylic acids is 3. The summed E-state index contributed by atoms with van der Waals surface area (Å²) in [6, 6.07) is 2.85. The molecule has 1 saturated heterocycles. The molecule has 1 aliphatic heterocycles. The Balaban J connectivity index is 1.77. The van der Waals surface area contributed by atoms with Crippen molar-refractivity contribution in [3.8, 4) is 0 Å². The molecule has 190 valence electrons. The van der Waals surface area contributed by atoms with Crippen molar-refractivity contribution in [2.75, 3.05) is 13.2 Å². The number of aromatic amines is 1. The van der Waals surface area contributed by atoms with Crippen LogP contribution in [0.15, 0.2) is 30.5 Å². The minimum absolute atomic E-state index is 0.111. The largest absolute Gasteiger partial charge is 0.480 e. The average Bonchev–Trinajstić information content (AvgIpc) is 3.50. The molecule has 0 aliphatic carbocycles. The van der Waals surface area contributed by atoms with E-state index in [1.54, 1.807) is 6.20 Å². The Morgan fingerprint density at radius 2 is 1.80 bits per heavy atom. The molecule has 0 bridgehead atoms. The van der Waals surface area contributed by atoms with Crippen molar-refractivity contribution in [1.29, 1.82) is 0 Å². The van der Waals surface area contributed by atoms with Crippen molar-refractivity contribution in [3.63, 3.8) is 0 Å². The topological polar surface area (TPSA) is 193 Å². The van der Waals surface area contributed by atoms with Crippen LogP contribution in [0.25, 0.3) is 10.9 Å². The molecular weight excluding hydrogens is 458 g/mol. The van der Waals surface area contributed by atoms with Gasteiger partial charge in [0, 0.05) is 23.5 Å². The molecule has 3 amide bonds. The Hall–Kier alpha value is -3.48. The summed E-state index contributed by atoms with van der Waals surface area (Å²) in [5.41, 5.74) is 1.63. The number of amides is 3. The highest BCUT2D eigenvalue weighted by atomic mass is 16.4. The maximum absolute atomic E-state index is 13.2. The second kappa shape index (κ2) is 11.8. The number of para-hydroxylation sites is 1. The normalized spacial score (nSPS) is 18.9. The molecule has 5 unspecified atom stereocenters. The Bertz CT molecular complexity index is 1060. The van der Waals surface area contributed by atoms with E-state index in [1.165, 1.54) is 6.92 Å². The van der Waals surface area contributed by atoms with Gasteiger partial charge in [-0.1, -0.05) is 18.2 Å². The van der Waals surface area contributed by atoms with E-state index in [-0.39, 0.29) is 12.3 Å². The van der Waals surface area contributed by atoms with E-state index in [0.717, 1.165) is 22.9 Å². The van der Waals surface area contributed by atoms with Crippen LogP contribution in [0.4, 0.5) is 0 Å². The van der Waals surface area contributed by atoms with Gasteiger partial charge in [-0.05, 0) is 37.9 Å². The number of aliphatic carboxylic acids is 1. The van der Waals surface area contributed by atoms with Crippen LogP contribution in [0, 0.1) is 0 Å². The molecule has 0 saturated carbocycles. The number of H-pyrrole nitrogens is 1. The molecule has 8 N–H and O–H groups in total. The molecule has 1 fully saturated rings. The van der Waals surface area contributed by atoms with Crippen LogP contribution in [0.5, 0.6) is 0 Å². The van der Waals surface area contributed by atoms with E-state index in [2.05, 4.69) is 26.3 Å². The van der Waals surface area contributed by atoms with Crippen molar-refractivity contribution in [2.45, 2.75) is 56.5 Å². The van der Waals surface area contributed by atoms with Crippen molar-refractivity contribution < 1.29 is 34.5 Å². The molecule has 5 atom stereocenters. The summed E-state index contributed by atoms with van der Waals surface area (Å²) in [5.74, 6) is -3.53. The number of carboxylic acids is 1. The molecule has 0 radical (unpaired) electrons. The number of benzene rings is 1. The van der Waals surface area contributed by atoms with Gasteiger partial charge in [-0.3, -0.25) is 14.4 Å². The lowest BCUT2D eigenvalue weighted by atomic mass is 10.0. The number of aromatic nitrogens is 1. The van der Waals surface area contributed by atoms with Crippen molar-refractivity contribution in [1.82, 2.24) is 26.3 Å². The van der Waals surface area contributed by atoms with Gasteiger partial charge in [0.2, 0.25) is 17.7 Å². The standard InChI is InChI=1S/C23H31N5O7/c1-12(30)19(23(34)35)28-22(33)18(11-29)27-21(32)17(26-20(31)16-7-4-8-24-16)9-13-10-25-15-6-3-2-5-14(13)15/h2-3,5-6,10,12,16-19,24-25,29-30H,4,7-9,11H2,1H3,(H,26,31)(H,27,32)(H,28,33)(H,34,35). The zero-order valence-corrected chi connectivity index (χ0v) is 19.3. The van der Waals surface area contributed by atoms with Gasteiger partial charge in [-0.25, -0.2) is 4.79 Å². The van der Waals surface area contributed by atoms with Crippen molar-refractivity contribution in [3.05, 3.63) is 36.0 Å². The number of hydrogen-bond acceptors (Lipinski definition) is 7. The third-order valence-corrected chi connectivity index (χ3v) is 5.97. The number of carboxylic acid groups (broad SMARTS) is 1. The van der Waals surface area contributed by atoms with E-state index in [1.807, 2.05) is 24.3 Å². The van der Waals surface area contributed by atoms with E-state index >= 15 is 0 Å². The molecule has 2 heterocycles. The fourth-order valence-electron chi connectivity index (χ4n) is 4.02. The molecule has 2 aromatic rings. The Labute approximate surface area is 201 Å². The number of fused-ring (bicyclic) bond motifs is 1. The Kier molecular flexibility index (Phi) is 8.79. The van der Waals surface area contributed by atoms with Gasteiger partial charge in [0.15, 0.2) is 6.04 Å². The lowest BCUT2D eigenvalue weighted by Gasteiger charge is -2.25. The third kappa shape index (κ3) is 6.56. The van der Waals surface area contributed by atoms with Crippen LogP contribution in [0.3, 0.4) is 0 Å². The third-order valence-electron chi connectivity index (χ3n) is 5.97. The highest BCUT2D eigenvalue weighted by Gasteiger charge is 2.32. The number of aliphatic hydroxyl groups excluding tert-OH is 2. The maximum Gasteiger partial charge on any atom is 0.328 e. The maximum atomic E-state index is 13.2. The fourth-order valence-corrected chi connectivity index (χ4v) is 4.02. The minimum atomic E-state index is -1.62. The molecule has 1 aromatic heterocycles. The second-order valence-electron chi connectivity index (χ2n) is 8.58. The zero-order valence-electron chi connectivity index (χ0n) is 19.3. The first-order valence-corrected chi connectivity index (χ1v) is 11.4. The summed E-state index contributed by atoms with van der Waals surface area (Å²) in [6.45, 7) is 1.06. The molecule has 12 nitrogen and oxygen atoms in total. The fraction of sp³-hybridized carbons (Fsp3) is 0.478. The van der Waals surface area contributed by atoms with Crippen LogP contribution in [-0.2, 0) is 25.6 Å². The average molecular weight is 490 g/mol. The van der Waals surface area contributed by atoms with Crippen LogP contribution in [-0.4, -0.2) is 87.4 Å². The van der Waals surface area contributed by atoms with E-state index in [4.69, 9.17) is 5.11 Å². The Morgan fingerprint density at radius 1 is 1.09 bits per heavy atom. The SMILES string of the molecule is CC(O)C(NC(=O)C(CO)NC(=O)C(Cc1c[nH]c2ccccc12)NC(=O)C1CCCN1)C(=O)O. The Morgan fingerprint density at radius 3 is 2.43 bits per heavy atom. The first-order chi connectivity index (χ1) is 16.7. The van der Waals surface area contributed by atoms with Gasteiger partial charge >= 0.3 is 5.97 Å². The molecule has 35 heavy (non-hydrogen) atoms. The summed E-state index contributed by atoms with van der Waals surface area (Å²) in [5, 5.41) is 39.6. The summed E-state index contributed by atoms with van der Waals surface area (Å²) >= 11 is 0. The second-order valence-corrected chi connectivity index (χ2v) is 8.58. The number of hydrogen-bond donors (Lipinski definition) is 8. The molecule has 1 aromatic carbocycles. The van der Waals surface area contributed by atoms with Gasteiger partial charge in [0.1, 0.15) is 12.1 Å². The van der Waals surface area contributed by atoms with Crippen molar-refractivity contribution >= 4 is 34.6 Å². The van der Waals surface area contributed by atoms with Gasteiger partial charge in [-0.15, -0.1) is 0 Å². The summed E-state index contributed by atoms with van der Waals surface area (Å²) < 4.78 is 0. The molecule has 1 aliphatic rings. The molecule has 3 rings (SSSR count). The summed E-state index contributed by atoms with van der Waals surface area (Å²) in [4.78, 5) is 52.8.